The minimum atomic E-state index is -1.08. The van der Waals surface area contributed by atoms with E-state index in [1.165, 1.54) is 9.36 Å². The summed E-state index contributed by atoms with van der Waals surface area (Å²) in [6, 6.07) is 0. The first-order chi connectivity index (χ1) is 13.2. The highest BCUT2D eigenvalue weighted by molar-refractivity contribution is 9.10. The van der Waals surface area contributed by atoms with Gasteiger partial charge in [0, 0.05) is 25.8 Å². The molecule has 1 fully saturated rings. The Hall–Kier alpha value is -2.18. The van der Waals surface area contributed by atoms with Crippen molar-refractivity contribution in [3.05, 3.63) is 27.8 Å². The summed E-state index contributed by atoms with van der Waals surface area (Å²) in [4.78, 5) is 21.6. The molecule has 1 saturated heterocycles. The molecule has 0 unspecified atom stereocenters. The summed E-state index contributed by atoms with van der Waals surface area (Å²) in [6.45, 7) is 9.48. The topological polar surface area (TPSA) is 129 Å². The zero-order chi connectivity index (χ0) is 22.3. The van der Waals surface area contributed by atoms with Crippen LogP contribution in [0.25, 0.3) is 0 Å². The van der Waals surface area contributed by atoms with E-state index in [4.69, 9.17) is 19.5 Å². The van der Waals surface area contributed by atoms with Crippen LogP contribution in [-0.4, -0.2) is 60.0 Å². The highest BCUT2D eigenvalue weighted by Crippen LogP contribution is 2.36. The van der Waals surface area contributed by atoms with E-state index in [1.807, 2.05) is 27.7 Å². The van der Waals surface area contributed by atoms with Gasteiger partial charge >= 0.3 is 19.1 Å². The maximum absolute atomic E-state index is 11.1. The third-order valence-electron chi connectivity index (χ3n) is 5.03. The van der Waals surface area contributed by atoms with E-state index in [9.17, 15) is 9.59 Å². The van der Waals surface area contributed by atoms with Crippen molar-refractivity contribution in [1.29, 1.82) is 0 Å². The lowest BCUT2D eigenvalue weighted by Crippen LogP contribution is -2.41. The second-order valence-electron chi connectivity index (χ2n) is 7.68. The normalized spacial score (nSPS) is 17.0. The van der Waals surface area contributed by atoms with Gasteiger partial charge in [0.2, 0.25) is 0 Å². The number of hydrogen-bond acceptors (Lipinski definition) is 6. The molecule has 0 aromatic carbocycles. The van der Waals surface area contributed by atoms with Crippen molar-refractivity contribution in [2.24, 2.45) is 14.1 Å². The molecule has 0 amide bonds. The third-order valence-corrected chi connectivity index (χ3v) is 5.98. The molecule has 2 N–H and O–H groups in total. The molecule has 3 rings (SSSR count). The van der Waals surface area contributed by atoms with Crippen molar-refractivity contribution < 1.29 is 29.1 Å². The fourth-order valence-electron chi connectivity index (χ4n) is 2.53. The number of carboxylic acid groups (broad SMARTS) is 2. The molecule has 0 bridgehead atoms. The van der Waals surface area contributed by atoms with Crippen molar-refractivity contribution in [2.45, 2.75) is 45.8 Å². The van der Waals surface area contributed by atoms with E-state index in [2.05, 4.69) is 26.1 Å². The lowest BCUT2D eigenvalue weighted by Gasteiger charge is -2.32. The molecular formula is C17H24BBrN4O6. The Balaban J connectivity index is 0.000000234. The first-order valence-corrected chi connectivity index (χ1v) is 9.52. The lowest BCUT2D eigenvalue weighted by molar-refractivity contribution is 0.00578. The minimum absolute atomic E-state index is 0.0315. The standard InChI is InChI=1S/C11H17BN2O4.C6H7BrN2O2/c1-10(2)11(3,4)18-12(17-10)7-6-14(5)13-8(7)9(15)16;1-3-4(7)5(6(10)11)8-9(3)2/h6H,1-5H3,(H,15,16);1-2H3,(H,10,11). The molecule has 1 aliphatic rings. The van der Waals surface area contributed by atoms with Gasteiger partial charge in [-0.2, -0.15) is 10.2 Å². The molecule has 0 radical (unpaired) electrons. The van der Waals surface area contributed by atoms with E-state index >= 15 is 0 Å². The number of hydrogen-bond donors (Lipinski definition) is 2. The summed E-state index contributed by atoms with van der Waals surface area (Å²) in [7, 11) is 2.67. The summed E-state index contributed by atoms with van der Waals surface area (Å²) in [5, 5.41) is 25.4. The van der Waals surface area contributed by atoms with Gasteiger partial charge in [-0.1, -0.05) is 0 Å². The fraction of sp³-hybridized carbons (Fsp3) is 0.529. The Labute approximate surface area is 177 Å². The molecule has 0 atom stereocenters. The Morgan fingerprint density at radius 3 is 1.86 bits per heavy atom. The highest BCUT2D eigenvalue weighted by atomic mass is 79.9. The molecule has 29 heavy (non-hydrogen) atoms. The smallest absolute Gasteiger partial charge is 0.476 e. The quantitative estimate of drug-likeness (QED) is 0.647. The van der Waals surface area contributed by atoms with Crippen molar-refractivity contribution in [3.8, 4) is 0 Å². The Kier molecular flexibility index (Phi) is 6.31. The van der Waals surface area contributed by atoms with Gasteiger partial charge in [0.15, 0.2) is 11.4 Å². The van der Waals surface area contributed by atoms with Crippen LogP contribution in [0.15, 0.2) is 10.7 Å². The van der Waals surface area contributed by atoms with E-state index in [0.717, 1.165) is 5.69 Å². The van der Waals surface area contributed by atoms with Crippen molar-refractivity contribution in [3.63, 3.8) is 0 Å². The molecule has 2 aromatic rings. The van der Waals surface area contributed by atoms with Crippen LogP contribution in [0.4, 0.5) is 0 Å². The maximum atomic E-state index is 11.1. The van der Waals surface area contributed by atoms with Gasteiger partial charge in [-0.3, -0.25) is 9.36 Å². The Bertz CT molecular complexity index is 936. The van der Waals surface area contributed by atoms with Gasteiger partial charge in [-0.05, 0) is 50.5 Å². The number of aryl methyl sites for hydroxylation is 2. The minimum Gasteiger partial charge on any atom is -0.476 e. The maximum Gasteiger partial charge on any atom is 0.498 e. The molecule has 158 valence electrons. The number of aromatic nitrogens is 4. The van der Waals surface area contributed by atoms with Crippen LogP contribution in [0.2, 0.25) is 0 Å². The van der Waals surface area contributed by atoms with Crippen molar-refractivity contribution in [1.82, 2.24) is 19.6 Å². The van der Waals surface area contributed by atoms with Crippen LogP contribution in [0, 0.1) is 6.92 Å². The van der Waals surface area contributed by atoms with E-state index in [0.29, 0.717) is 9.94 Å². The second kappa shape index (κ2) is 7.92. The third kappa shape index (κ3) is 4.54. The van der Waals surface area contributed by atoms with E-state index < -0.39 is 30.3 Å². The van der Waals surface area contributed by atoms with Crippen molar-refractivity contribution >= 4 is 40.4 Å². The Morgan fingerprint density at radius 2 is 1.52 bits per heavy atom. The average molecular weight is 471 g/mol. The number of carbonyl (C=O) groups is 2. The SMILES string of the molecule is Cc1c(Br)c(C(=O)O)nn1C.Cn1cc(B2OC(C)(C)C(C)(C)O2)c(C(=O)O)n1. The van der Waals surface area contributed by atoms with Crippen LogP contribution in [-0.2, 0) is 23.4 Å². The Morgan fingerprint density at radius 1 is 1.03 bits per heavy atom. The molecule has 1 aliphatic heterocycles. The average Bonchev–Trinajstić information content (AvgIpc) is 3.16. The summed E-state index contributed by atoms with van der Waals surface area (Å²) in [5.41, 5.74) is 0.291. The van der Waals surface area contributed by atoms with Gasteiger partial charge in [0.1, 0.15) is 0 Å². The van der Waals surface area contributed by atoms with Crippen LogP contribution in [0.5, 0.6) is 0 Å². The van der Waals surface area contributed by atoms with Crippen LogP contribution in [0.1, 0.15) is 54.4 Å². The number of nitrogens with zero attached hydrogens (tertiary/aromatic N) is 4. The molecule has 10 nitrogen and oxygen atoms in total. The molecule has 3 heterocycles. The van der Waals surface area contributed by atoms with Crippen LogP contribution < -0.4 is 5.46 Å². The largest absolute Gasteiger partial charge is 0.498 e. The molecule has 0 saturated carbocycles. The predicted molar refractivity (Wildman–Crippen MR) is 108 cm³/mol. The zero-order valence-corrected chi connectivity index (χ0v) is 18.9. The number of rotatable bonds is 3. The highest BCUT2D eigenvalue weighted by Gasteiger charge is 2.53. The zero-order valence-electron chi connectivity index (χ0n) is 17.3. The van der Waals surface area contributed by atoms with E-state index in [1.54, 1.807) is 27.2 Å². The first kappa shape index (κ1) is 23.1. The van der Waals surface area contributed by atoms with Gasteiger partial charge in [0.25, 0.3) is 0 Å². The van der Waals surface area contributed by atoms with Crippen LogP contribution >= 0.6 is 15.9 Å². The number of halogens is 1. The molecule has 2 aromatic heterocycles. The molecule has 12 heteroatoms. The second-order valence-corrected chi connectivity index (χ2v) is 8.47. The lowest BCUT2D eigenvalue weighted by atomic mass is 9.79. The summed E-state index contributed by atoms with van der Waals surface area (Å²) in [5.74, 6) is -2.10. The van der Waals surface area contributed by atoms with Gasteiger partial charge in [-0.25, -0.2) is 9.59 Å². The van der Waals surface area contributed by atoms with E-state index in [-0.39, 0.29) is 11.4 Å². The first-order valence-electron chi connectivity index (χ1n) is 8.72. The summed E-state index contributed by atoms with van der Waals surface area (Å²) >= 11 is 3.14. The number of carboxylic acids is 2. The van der Waals surface area contributed by atoms with Crippen molar-refractivity contribution in [2.75, 3.05) is 0 Å². The predicted octanol–water partition coefficient (Wildman–Crippen LogP) is 1.61. The van der Waals surface area contributed by atoms with Gasteiger partial charge in [0.05, 0.1) is 21.4 Å². The molecule has 0 spiro atoms. The number of aromatic carboxylic acids is 2. The molecular weight excluding hydrogens is 447 g/mol. The van der Waals surface area contributed by atoms with Gasteiger partial charge in [-0.15, -0.1) is 0 Å². The summed E-state index contributed by atoms with van der Waals surface area (Å²) in [6.07, 6.45) is 1.62. The summed E-state index contributed by atoms with van der Waals surface area (Å²) < 4.78 is 15.1. The fourth-order valence-corrected chi connectivity index (χ4v) is 3.04. The molecule has 0 aliphatic carbocycles. The van der Waals surface area contributed by atoms with Gasteiger partial charge < -0.3 is 19.5 Å². The monoisotopic (exact) mass is 470 g/mol. The van der Waals surface area contributed by atoms with Crippen LogP contribution in [0.3, 0.4) is 0 Å².